The standard InChI is InChI=1S/C9H12N2O2/c1-7-9(8(6-12)10-13-7)11-4-2-3-5-11/h6H,2-5H2,1H3. The van der Waals surface area contributed by atoms with E-state index in [1.807, 2.05) is 6.92 Å². The van der Waals surface area contributed by atoms with E-state index in [0.717, 1.165) is 30.8 Å². The molecule has 70 valence electrons. The van der Waals surface area contributed by atoms with E-state index >= 15 is 0 Å². The van der Waals surface area contributed by atoms with Crippen LogP contribution in [0.25, 0.3) is 0 Å². The predicted octanol–water partition coefficient (Wildman–Crippen LogP) is 1.40. The second kappa shape index (κ2) is 3.20. The lowest BCUT2D eigenvalue weighted by Crippen LogP contribution is -2.19. The Morgan fingerprint density at radius 1 is 1.46 bits per heavy atom. The highest BCUT2D eigenvalue weighted by molar-refractivity contribution is 5.82. The van der Waals surface area contributed by atoms with Crippen LogP contribution < -0.4 is 4.90 Å². The van der Waals surface area contributed by atoms with E-state index in [9.17, 15) is 4.79 Å². The van der Waals surface area contributed by atoms with Gasteiger partial charge in [0, 0.05) is 13.1 Å². The highest BCUT2D eigenvalue weighted by Gasteiger charge is 2.21. The average molecular weight is 180 g/mol. The minimum atomic E-state index is 0.430. The summed E-state index contributed by atoms with van der Waals surface area (Å²) in [5, 5.41) is 3.69. The molecule has 1 aliphatic rings. The predicted molar refractivity (Wildman–Crippen MR) is 48.1 cm³/mol. The number of hydrogen-bond donors (Lipinski definition) is 0. The fourth-order valence-electron chi connectivity index (χ4n) is 1.79. The second-order valence-corrected chi connectivity index (χ2v) is 3.28. The summed E-state index contributed by atoms with van der Waals surface area (Å²) in [6, 6.07) is 0. The van der Waals surface area contributed by atoms with Gasteiger partial charge in [-0.05, 0) is 19.8 Å². The second-order valence-electron chi connectivity index (χ2n) is 3.28. The highest BCUT2D eigenvalue weighted by atomic mass is 16.5. The summed E-state index contributed by atoms with van der Waals surface area (Å²) in [7, 11) is 0. The molecule has 1 aromatic heterocycles. The van der Waals surface area contributed by atoms with Crippen molar-refractivity contribution in [1.82, 2.24) is 5.16 Å². The molecule has 0 saturated carbocycles. The van der Waals surface area contributed by atoms with Gasteiger partial charge in [0.2, 0.25) is 0 Å². The summed E-state index contributed by atoms with van der Waals surface area (Å²) in [6.07, 6.45) is 3.12. The molecule has 4 heteroatoms. The zero-order valence-electron chi connectivity index (χ0n) is 7.62. The summed E-state index contributed by atoms with van der Waals surface area (Å²) in [5.41, 5.74) is 1.31. The first kappa shape index (κ1) is 8.29. The SMILES string of the molecule is Cc1onc(C=O)c1N1CCCC1. The van der Waals surface area contributed by atoms with Gasteiger partial charge in [0.25, 0.3) is 0 Å². The molecule has 1 saturated heterocycles. The first-order chi connectivity index (χ1) is 6.33. The molecule has 0 amide bonds. The molecular formula is C9H12N2O2. The molecule has 0 N–H and O–H groups in total. The van der Waals surface area contributed by atoms with Gasteiger partial charge >= 0.3 is 0 Å². The Labute approximate surface area is 76.5 Å². The van der Waals surface area contributed by atoms with Crippen LogP contribution in [0.1, 0.15) is 29.1 Å². The molecule has 0 unspecified atom stereocenters. The van der Waals surface area contributed by atoms with Crippen molar-refractivity contribution in [2.45, 2.75) is 19.8 Å². The maximum absolute atomic E-state index is 10.6. The fourth-order valence-corrected chi connectivity index (χ4v) is 1.79. The number of hydrogen-bond acceptors (Lipinski definition) is 4. The van der Waals surface area contributed by atoms with Crippen LogP contribution in [0, 0.1) is 6.92 Å². The Morgan fingerprint density at radius 3 is 2.77 bits per heavy atom. The zero-order valence-corrected chi connectivity index (χ0v) is 7.62. The highest BCUT2D eigenvalue weighted by Crippen LogP contribution is 2.26. The van der Waals surface area contributed by atoms with Gasteiger partial charge in [-0.3, -0.25) is 4.79 Å². The van der Waals surface area contributed by atoms with Crippen LogP contribution in [0.5, 0.6) is 0 Å². The van der Waals surface area contributed by atoms with Crippen LogP contribution >= 0.6 is 0 Å². The zero-order chi connectivity index (χ0) is 9.26. The lowest BCUT2D eigenvalue weighted by Gasteiger charge is -2.15. The number of anilines is 1. The molecule has 1 aliphatic heterocycles. The summed E-state index contributed by atoms with van der Waals surface area (Å²) < 4.78 is 4.98. The first-order valence-corrected chi connectivity index (χ1v) is 4.49. The number of aldehydes is 1. The van der Waals surface area contributed by atoms with E-state index in [4.69, 9.17) is 4.52 Å². The van der Waals surface area contributed by atoms with E-state index in [-0.39, 0.29) is 0 Å². The summed E-state index contributed by atoms with van der Waals surface area (Å²) >= 11 is 0. The Hall–Kier alpha value is -1.32. The van der Waals surface area contributed by atoms with Gasteiger partial charge in [-0.15, -0.1) is 0 Å². The molecule has 1 fully saturated rings. The third-order valence-electron chi connectivity index (χ3n) is 2.39. The Balaban J connectivity index is 2.35. The van der Waals surface area contributed by atoms with E-state index in [1.165, 1.54) is 12.8 Å². The molecular weight excluding hydrogens is 168 g/mol. The van der Waals surface area contributed by atoms with Crippen molar-refractivity contribution in [2.75, 3.05) is 18.0 Å². The quantitative estimate of drug-likeness (QED) is 0.645. The van der Waals surface area contributed by atoms with E-state index in [0.29, 0.717) is 5.69 Å². The van der Waals surface area contributed by atoms with Crippen LogP contribution in [-0.4, -0.2) is 24.5 Å². The fraction of sp³-hybridized carbons (Fsp3) is 0.556. The molecule has 0 atom stereocenters. The minimum absolute atomic E-state index is 0.430. The van der Waals surface area contributed by atoms with Crippen LogP contribution in [0.4, 0.5) is 5.69 Å². The summed E-state index contributed by atoms with van der Waals surface area (Å²) in [4.78, 5) is 12.8. The summed E-state index contributed by atoms with van der Waals surface area (Å²) in [6.45, 7) is 3.85. The van der Waals surface area contributed by atoms with Gasteiger partial charge in [0.05, 0.1) is 0 Å². The van der Waals surface area contributed by atoms with Crippen molar-refractivity contribution >= 4 is 12.0 Å². The normalized spacial score (nSPS) is 16.5. The third kappa shape index (κ3) is 1.32. The van der Waals surface area contributed by atoms with E-state index < -0.39 is 0 Å². The number of carbonyl (C=O) groups excluding carboxylic acids is 1. The van der Waals surface area contributed by atoms with E-state index in [2.05, 4.69) is 10.1 Å². The largest absolute Gasteiger partial charge is 0.367 e. The Bertz CT molecular complexity index is 313. The van der Waals surface area contributed by atoms with Gasteiger partial charge in [0.15, 0.2) is 17.7 Å². The van der Waals surface area contributed by atoms with Gasteiger partial charge < -0.3 is 9.42 Å². The number of aryl methyl sites for hydroxylation is 1. The minimum Gasteiger partial charge on any atom is -0.367 e. The van der Waals surface area contributed by atoms with Crippen molar-refractivity contribution < 1.29 is 9.32 Å². The molecule has 0 aliphatic carbocycles. The molecule has 4 nitrogen and oxygen atoms in total. The molecule has 0 spiro atoms. The van der Waals surface area contributed by atoms with Gasteiger partial charge in [-0.25, -0.2) is 0 Å². The van der Waals surface area contributed by atoms with Gasteiger partial charge in [-0.1, -0.05) is 5.16 Å². The van der Waals surface area contributed by atoms with Crippen LogP contribution in [0.2, 0.25) is 0 Å². The number of carbonyl (C=O) groups is 1. The molecule has 13 heavy (non-hydrogen) atoms. The molecule has 1 aromatic rings. The van der Waals surface area contributed by atoms with E-state index in [1.54, 1.807) is 0 Å². The number of nitrogens with zero attached hydrogens (tertiary/aromatic N) is 2. The first-order valence-electron chi connectivity index (χ1n) is 4.49. The maximum Gasteiger partial charge on any atom is 0.174 e. The number of rotatable bonds is 2. The lowest BCUT2D eigenvalue weighted by atomic mass is 10.3. The maximum atomic E-state index is 10.6. The van der Waals surface area contributed by atoms with Crippen molar-refractivity contribution in [3.8, 4) is 0 Å². The number of aromatic nitrogens is 1. The molecule has 0 bridgehead atoms. The van der Waals surface area contributed by atoms with Gasteiger partial charge in [0.1, 0.15) is 5.69 Å². The monoisotopic (exact) mass is 180 g/mol. The van der Waals surface area contributed by atoms with Crippen LogP contribution in [0.3, 0.4) is 0 Å². The van der Waals surface area contributed by atoms with Crippen molar-refractivity contribution in [1.29, 1.82) is 0 Å². The Morgan fingerprint density at radius 2 is 2.15 bits per heavy atom. The molecule has 0 aromatic carbocycles. The molecule has 2 heterocycles. The Kier molecular flexibility index (Phi) is 2.04. The molecule has 2 rings (SSSR count). The third-order valence-corrected chi connectivity index (χ3v) is 2.39. The van der Waals surface area contributed by atoms with Crippen LogP contribution in [-0.2, 0) is 0 Å². The van der Waals surface area contributed by atoms with Crippen LogP contribution in [0.15, 0.2) is 4.52 Å². The topological polar surface area (TPSA) is 46.3 Å². The summed E-state index contributed by atoms with van der Waals surface area (Å²) in [5.74, 6) is 0.740. The van der Waals surface area contributed by atoms with Gasteiger partial charge in [-0.2, -0.15) is 0 Å². The smallest absolute Gasteiger partial charge is 0.174 e. The lowest BCUT2D eigenvalue weighted by molar-refractivity contribution is 0.111. The van der Waals surface area contributed by atoms with Crippen molar-refractivity contribution in [3.05, 3.63) is 11.5 Å². The van der Waals surface area contributed by atoms with Crippen molar-refractivity contribution in [3.63, 3.8) is 0 Å². The average Bonchev–Trinajstić information content (AvgIpc) is 2.72. The van der Waals surface area contributed by atoms with Crippen molar-refractivity contribution in [2.24, 2.45) is 0 Å². The molecule has 0 radical (unpaired) electrons.